The maximum atomic E-state index is 11.1. The van der Waals surface area contributed by atoms with Crippen LogP contribution >= 0.6 is 0 Å². The van der Waals surface area contributed by atoms with Crippen LogP contribution in [0.15, 0.2) is 0 Å². The first-order chi connectivity index (χ1) is 8.62. The summed E-state index contributed by atoms with van der Waals surface area (Å²) >= 11 is 0. The van der Waals surface area contributed by atoms with Crippen molar-refractivity contribution in [1.29, 1.82) is 0 Å². The fraction of sp³-hybridized carbons (Fsp3) is 0.833. The molecule has 0 heterocycles. The number of aliphatic hydroxyl groups is 2. The molecule has 0 aromatic rings. The van der Waals surface area contributed by atoms with E-state index in [9.17, 15) is 9.59 Å². The minimum Gasteiger partial charge on any atom is -0.387 e. The molecule has 0 spiro atoms. The normalized spacial score (nSPS) is 18.1. The van der Waals surface area contributed by atoms with E-state index in [0.29, 0.717) is 13.1 Å². The van der Waals surface area contributed by atoms with Gasteiger partial charge < -0.3 is 20.8 Å². The van der Waals surface area contributed by atoms with Crippen molar-refractivity contribution in [3.63, 3.8) is 0 Å². The van der Waals surface area contributed by atoms with Crippen molar-refractivity contribution in [2.24, 2.45) is 5.41 Å². The highest BCUT2D eigenvalue weighted by Gasteiger charge is 2.32. The molecule has 4 N–H and O–H groups in total. The van der Waals surface area contributed by atoms with E-state index in [1.807, 2.05) is 0 Å². The van der Waals surface area contributed by atoms with Gasteiger partial charge in [0, 0.05) is 18.5 Å². The third kappa shape index (κ3) is 4.62. The summed E-state index contributed by atoms with van der Waals surface area (Å²) in [5.41, 5.74) is -0.145. The van der Waals surface area contributed by atoms with Gasteiger partial charge in [-0.1, -0.05) is 19.3 Å². The van der Waals surface area contributed by atoms with E-state index in [1.165, 1.54) is 6.42 Å². The van der Waals surface area contributed by atoms with Crippen molar-refractivity contribution in [3.8, 4) is 0 Å². The van der Waals surface area contributed by atoms with E-state index < -0.39 is 25.0 Å². The van der Waals surface area contributed by atoms with Crippen molar-refractivity contribution in [2.75, 3.05) is 26.3 Å². The third-order valence-electron chi connectivity index (χ3n) is 3.52. The van der Waals surface area contributed by atoms with E-state index in [1.54, 1.807) is 0 Å². The van der Waals surface area contributed by atoms with Crippen LogP contribution < -0.4 is 10.6 Å². The predicted molar refractivity (Wildman–Crippen MR) is 65.7 cm³/mol. The molecule has 0 aromatic carbocycles. The highest BCUT2D eigenvalue weighted by molar-refractivity contribution is 5.77. The van der Waals surface area contributed by atoms with E-state index in [0.717, 1.165) is 25.7 Å². The van der Waals surface area contributed by atoms with Crippen molar-refractivity contribution in [1.82, 2.24) is 10.6 Å². The lowest BCUT2D eigenvalue weighted by atomic mass is 9.74. The largest absolute Gasteiger partial charge is 0.387 e. The van der Waals surface area contributed by atoms with Crippen LogP contribution in [-0.4, -0.2) is 48.3 Å². The summed E-state index contributed by atoms with van der Waals surface area (Å²) in [7, 11) is 0. The Bertz CT molecular complexity index is 266. The number of hydrogen-bond acceptors (Lipinski definition) is 4. The lowest BCUT2D eigenvalue weighted by Gasteiger charge is -2.37. The number of rotatable bonds is 6. The molecule has 0 atom stereocenters. The van der Waals surface area contributed by atoms with Gasteiger partial charge in [0.2, 0.25) is 11.8 Å². The summed E-state index contributed by atoms with van der Waals surface area (Å²) in [6.07, 6.45) is 5.19. The Morgan fingerprint density at radius 2 is 1.33 bits per heavy atom. The monoisotopic (exact) mass is 258 g/mol. The van der Waals surface area contributed by atoms with E-state index >= 15 is 0 Å². The van der Waals surface area contributed by atoms with Crippen LogP contribution in [0.1, 0.15) is 32.1 Å². The van der Waals surface area contributed by atoms with Crippen LogP contribution in [0.25, 0.3) is 0 Å². The molecule has 0 aromatic heterocycles. The summed E-state index contributed by atoms with van der Waals surface area (Å²) in [4.78, 5) is 22.2. The number of carbonyl (C=O) groups excluding carboxylic acids is 2. The smallest absolute Gasteiger partial charge is 0.245 e. The maximum Gasteiger partial charge on any atom is 0.245 e. The summed E-state index contributed by atoms with van der Waals surface area (Å²) in [6, 6.07) is 0. The molecule has 0 unspecified atom stereocenters. The Morgan fingerprint density at radius 1 is 0.889 bits per heavy atom. The number of amides is 2. The fourth-order valence-corrected chi connectivity index (χ4v) is 2.40. The van der Waals surface area contributed by atoms with Crippen molar-refractivity contribution in [3.05, 3.63) is 0 Å². The average molecular weight is 258 g/mol. The molecule has 2 amide bonds. The molecule has 6 heteroatoms. The molecule has 1 rings (SSSR count). The van der Waals surface area contributed by atoms with Crippen LogP contribution in [-0.2, 0) is 9.59 Å². The Morgan fingerprint density at radius 3 is 1.72 bits per heavy atom. The van der Waals surface area contributed by atoms with Crippen molar-refractivity contribution in [2.45, 2.75) is 32.1 Å². The second-order valence-electron chi connectivity index (χ2n) is 4.93. The average Bonchev–Trinajstić information content (AvgIpc) is 2.43. The van der Waals surface area contributed by atoms with Gasteiger partial charge in [0.15, 0.2) is 0 Å². The molecule has 1 aliphatic carbocycles. The number of carbonyl (C=O) groups is 2. The summed E-state index contributed by atoms with van der Waals surface area (Å²) in [6.45, 7) is -0.117. The van der Waals surface area contributed by atoms with Gasteiger partial charge in [-0.3, -0.25) is 9.59 Å². The summed E-state index contributed by atoms with van der Waals surface area (Å²) < 4.78 is 0. The van der Waals surface area contributed by atoms with Crippen LogP contribution in [0.2, 0.25) is 0 Å². The van der Waals surface area contributed by atoms with Crippen molar-refractivity contribution >= 4 is 11.8 Å². The van der Waals surface area contributed by atoms with Gasteiger partial charge in [-0.05, 0) is 12.8 Å². The topological polar surface area (TPSA) is 98.7 Å². The number of hydrogen-bond donors (Lipinski definition) is 4. The number of nitrogens with one attached hydrogen (secondary N) is 2. The van der Waals surface area contributed by atoms with Crippen LogP contribution in [0.4, 0.5) is 0 Å². The van der Waals surface area contributed by atoms with E-state index in [2.05, 4.69) is 10.6 Å². The first-order valence-corrected chi connectivity index (χ1v) is 6.37. The molecule has 0 saturated heterocycles. The Hall–Kier alpha value is -1.14. The van der Waals surface area contributed by atoms with Gasteiger partial charge in [0.1, 0.15) is 13.2 Å². The molecule has 6 nitrogen and oxygen atoms in total. The molecular weight excluding hydrogens is 236 g/mol. The first-order valence-electron chi connectivity index (χ1n) is 6.37. The van der Waals surface area contributed by atoms with E-state index in [-0.39, 0.29) is 5.41 Å². The maximum absolute atomic E-state index is 11.1. The number of aliphatic hydroxyl groups excluding tert-OH is 2. The molecule has 1 fully saturated rings. The van der Waals surface area contributed by atoms with Gasteiger partial charge in [-0.2, -0.15) is 0 Å². The molecule has 0 bridgehead atoms. The highest BCUT2D eigenvalue weighted by atomic mass is 16.3. The molecule has 18 heavy (non-hydrogen) atoms. The fourth-order valence-electron chi connectivity index (χ4n) is 2.40. The summed E-state index contributed by atoms with van der Waals surface area (Å²) in [5, 5.41) is 22.7. The van der Waals surface area contributed by atoms with Gasteiger partial charge in [0.05, 0.1) is 0 Å². The SMILES string of the molecule is O=C(CO)NCC1(CNC(=O)CO)CCCCC1. The predicted octanol–water partition coefficient (Wildman–Crippen LogP) is -0.846. The lowest BCUT2D eigenvalue weighted by molar-refractivity contribution is -0.124. The van der Waals surface area contributed by atoms with Crippen LogP contribution in [0, 0.1) is 5.41 Å². The quantitative estimate of drug-likeness (QED) is 0.499. The van der Waals surface area contributed by atoms with Gasteiger partial charge in [-0.15, -0.1) is 0 Å². The Kier molecular flexibility index (Phi) is 6.07. The lowest BCUT2D eigenvalue weighted by Crippen LogP contribution is -2.47. The molecule has 1 aliphatic rings. The molecule has 104 valence electrons. The highest BCUT2D eigenvalue weighted by Crippen LogP contribution is 2.35. The van der Waals surface area contributed by atoms with Gasteiger partial charge >= 0.3 is 0 Å². The minimum atomic E-state index is -0.515. The Labute approximate surface area is 107 Å². The van der Waals surface area contributed by atoms with Crippen LogP contribution in [0.3, 0.4) is 0 Å². The van der Waals surface area contributed by atoms with Gasteiger partial charge in [0.25, 0.3) is 0 Å². The zero-order chi connectivity index (χ0) is 13.4. The molecule has 1 saturated carbocycles. The zero-order valence-electron chi connectivity index (χ0n) is 10.6. The van der Waals surface area contributed by atoms with Crippen LogP contribution in [0.5, 0.6) is 0 Å². The van der Waals surface area contributed by atoms with E-state index in [4.69, 9.17) is 10.2 Å². The second kappa shape index (κ2) is 7.33. The zero-order valence-corrected chi connectivity index (χ0v) is 10.6. The summed E-state index contributed by atoms with van der Waals surface area (Å²) in [5.74, 6) is -0.790. The standard InChI is InChI=1S/C12H22N2O4/c15-6-10(17)13-8-12(4-2-1-3-5-12)9-14-11(18)7-16/h15-16H,1-9H2,(H,13,17)(H,14,18). The van der Waals surface area contributed by atoms with Gasteiger partial charge in [-0.25, -0.2) is 0 Å². The van der Waals surface area contributed by atoms with Crippen molar-refractivity contribution < 1.29 is 19.8 Å². The third-order valence-corrected chi connectivity index (χ3v) is 3.52. The molecular formula is C12H22N2O4. The second-order valence-corrected chi connectivity index (χ2v) is 4.93. The molecule has 0 aliphatic heterocycles. The molecule has 0 radical (unpaired) electrons. The first kappa shape index (κ1) is 14.9. The Balaban J connectivity index is 2.51. The minimum absolute atomic E-state index is 0.145.